The van der Waals surface area contributed by atoms with Gasteiger partial charge in [0, 0.05) is 12.6 Å². The Morgan fingerprint density at radius 2 is 2.30 bits per heavy atom. The number of nitrogens with one attached hydrogen (secondary N) is 1. The summed E-state index contributed by atoms with van der Waals surface area (Å²) in [7, 11) is 1.26. The zero-order chi connectivity index (χ0) is 16.6. The number of ether oxygens (including phenoxy) is 1. The van der Waals surface area contributed by atoms with Crippen molar-refractivity contribution in [1.82, 2.24) is 9.55 Å². The fourth-order valence-corrected chi connectivity index (χ4v) is 3.86. The fourth-order valence-electron chi connectivity index (χ4n) is 2.46. The maximum atomic E-state index is 12.5. The highest BCUT2D eigenvalue weighted by Crippen LogP contribution is 2.31. The van der Waals surface area contributed by atoms with Crippen molar-refractivity contribution in [3.63, 3.8) is 0 Å². The van der Waals surface area contributed by atoms with E-state index in [0.29, 0.717) is 27.5 Å². The van der Waals surface area contributed by atoms with E-state index >= 15 is 0 Å². The number of nitrogens with zero attached hydrogens (tertiary/aromatic N) is 2. The Morgan fingerprint density at radius 3 is 3.04 bits per heavy atom. The minimum absolute atomic E-state index is 0.0315. The third-order valence-corrected chi connectivity index (χ3v) is 5.16. The normalized spacial score (nSPS) is 16.8. The van der Waals surface area contributed by atoms with Gasteiger partial charge in [0.1, 0.15) is 9.83 Å². The molecule has 1 N–H and O–H groups in total. The molecule has 0 fully saturated rings. The van der Waals surface area contributed by atoms with E-state index in [1.807, 2.05) is 0 Å². The summed E-state index contributed by atoms with van der Waals surface area (Å²) < 4.78 is 6.78. The number of amides is 1. The molecule has 7 nitrogen and oxygen atoms in total. The zero-order valence-corrected chi connectivity index (χ0v) is 14.4. The van der Waals surface area contributed by atoms with Crippen molar-refractivity contribution in [2.75, 3.05) is 12.4 Å². The van der Waals surface area contributed by atoms with E-state index in [0.717, 1.165) is 11.3 Å². The zero-order valence-electron chi connectivity index (χ0n) is 12.0. The molecular weight excluding hydrogens is 386 g/mol. The van der Waals surface area contributed by atoms with Crippen LogP contribution < -0.4 is 5.32 Å². The molecule has 3 heterocycles. The molecule has 0 radical (unpaired) electrons. The second-order valence-corrected chi connectivity index (χ2v) is 7.22. The van der Waals surface area contributed by atoms with Crippen LogP contribution in [0, 0.1) is 0 Å². The quantitative estimate of drug-likeness (QED) is 0.803. The van der Waals surface area contributed by atoms with E-state index in [4.69, 9.17) is 0 Å². The molecule has 0 saturated carbocycles. The van der Waals surface area contributed by atoms with E-state index in [1.54, 1.807) is 22.9 Å². The highest BCUT2D eigenvalue weighted by Gasteiger charge is 2.30. The first-order valence-electron chi connectivity index (χ1n) is 6.77. The van der Waals surface area contributed by atoms with Gasteiger partial charge in [0.25, 0.3) is 0 Å². The molecule has 0 bridgehead atoms. The van der Waals surface area contributed by atoms with Crippen molar-refractivity contribution >= 4 is 50.1 Å². The number of halogens is 1. The summed E-state index contributed by atoms with van der Waals surface area (Å²) in [6, 6.07) is 2.98. The van der Waals surface area contributed by atoms with Crippen LogP contribution >= 0.6 is 27.3 Å². The fraction of sp³-hybridized carbons (Fsp3) is 0.286. The first kappa shape index (κ1) is 15.9. The van der Waals surface area contributed by atoms with E-state index in [-0.39, 0.29) is 17.4 Å². The smallest absolute Gasteiger partial charge is 0.358 e. The van der Waals surface area contributed by atoms with Crippen molar-refractivity contribution in [3.8, 4) is 0 Å². The average molecular weight is 398 g/mol. The molecule has 0 aromatic carbocycles. The molecular formula is C14H12BrN3O4S. The lowest BCUT2D eigenvalue weighted by atomic mass is 10.0. The molecule has 1 amide bonds. The van der Waals surface area contributed by atoms with Gasteiger partial charge >= 0.3 is 5.97 Å². The van der Waals surface area contributed by atoms with Crippen LogP contribution in [0.1, 0.15) is 39.9 Å². The summed E-state index contributed by atoms with van der Waals surface area (Å²) >= 11 is 4.36. The number of rotatable bonds is 3. The monoisotopic (exact) mass is 397 g/mol. The largest absolute Gasteiger partial charge is 0.464 e. The molecule has 120 valence electrons. The minimum Gasteiger partial charge on any atom is -0.464 e. The van der Waals surface area contributed by atoms with Crippen LogP contribution in [-0.4, -0.2) is 34.3 Å². The first-order chi connectivity index (χ1) is 11.0. The first-order valence-corrected chi connectivity index (χ1v) is 8.37. The van der Waals surface area contributed by atoms with E-state index < -0.39 is 12.0 Å². The van der Waals surface area contributed by atoms with Crippen molar-refractivity contribution in [2.45, 2.75) is 18.9 Å². The summed E-state index contributed by atoms with van der Waals surface area (Å²) in [5.41, 5.74) is 0.653. The Balaban J connectivity index is 1.80. The van der Waals surface area contributed by atoms with Crippen molar-refractivity contribution in [2.24, 2.45) is 0 Å². The number of anilines is 1. The number of methoxy groups -OCH3 is 1. The Labute approximate surface area is 143 Å². The predicted molar refractivity (Wildman–Crippen MR) is 86.8 cm³/mol. The number of thiazole rings is 1. The lowest BCUT2D eigenvalue weighted by Crippen LogP contribution is -2.31. The molecule has 23 heavy (non-hydrogen) atoms. The Morgan fingerprint density at radius 1 is 1.52 bits per heavy atom. The number of Topliss-reactive ketones (excluding diaryl/α,β-unsaturated/α-hetero) is 1. The van der Waals surface area contributed by atoms with Crippen molar-refractivity contribution < 1.29 is 19.1 Å². The minimum atomic E-state index is -0.579. The van der Waals surface area contributed by atoms with E-state index in [9.17, 15) is 14.4 Å². The molecule has 2 aromatic rings. The second-order valence-electron chi connectivity index (χ2n) is 4.90. The standard InChI is InChI=1S/C14H12BrN3O4S/c1-22-13(21)10-11(15)23-14(16-10)17-12(20)8-4-5-9(19)7-3-2-6-18(7)8/h2-3,6,8H,4-5H2,1H3,(H,16,17,20). The molecule has 0 aliphatic carbocycles. The lowest BCUT2D eigenvalue weighted by Gasteiger charge is -2.24. The van der Waals surface area contributed by atoms with Gasteiger partial charge < -0.3 is 14.6 Å². The number of fused-ring (bicyclic) bond motifs is 1. The van der Waals surface area contributed by atoms with Crippen molar-refractivity contribution in [3.05, 3.63) is 33.5 Å². The number of ketones is 1. The Kier molecular flexibility index (Phi) is 4.31. The van der Waals surface area contributed by atoms with Crippen LogP contribution in [-0.2, 0) is 9.53 Å². The average Bonchev–Trinajstić information content (AvgIpc) is 3.14. The topological polar surface area (TPSA) is 90.3 Å². The number of hydrogen-bond acceptors (Lipinski definition) is 6. The number of carbonyl (C=O) groups excluding carboxylic acids is 3. The molecule has 2 aromatic heterocycles. The summed E-state index contributed by atoms with van der Waals surface area (Å²) in [6.45, 7) is 0. The number of hydrogen-bond donors (Lipinski definition) is 1. The van der Waals surface area contributed by atoms with Crippen LogP contribution in [0.3, 0.4) is 0 Å². The highest BCUT2D eigenvalue weighted by molar-refractivity contribution is 9.11. The van der Waals surface area contributed by atoms with Crippen LogP contribution in [0.15, 0.2) is 22.1 Å². The van der Waals surface area contributed by atoms with Gasteiger partial charge in [0.15, 0.2) is 16.6 Å². The van der Waals surface area contributed by atoms with Gasteiger partial charge in [-0.3, -0.25) is 9.59 Å². The van der Waals surface area contributed by atoms with Crippen molar-refractivity contribution in [1.29, 1.82) is 0 Å². The van der Waals surface area contributed by atoms with E-state index in [2.05, 4.69) is 31.0 Å². The van der Waals surface area contributed by atoms with Gasteiger partial charge in [0.2, 0.25) is 5.91 Å². The SMILES string of the molecule is COC(=O)c1nc(NC(=O)C2CCC(=O)c3cccn32)sc1Br. The van der Waals surface area contributed by atoms with E-state index in [1.165, 1.54) is 7.11 Å². The van der Waals surface area contributed by atoms with Gasteiger partial charge in [-0.05, 0) is 34.5 Å². The number of aromatic nitrogens is 2. The van der Waals surface area contributed by atoms with Crippen LogP contribution in [0.5, 0.6) is 0 Å². The molecule has 3 rings (SSSR count). The third-order valence-electron chi connectivity index (χ3n) is 3.54. The lowest BCUT2D eigenvalue weighted by molar-refractivity contribution is -0.119. The summed E-state index contributed by atoms with van der Waals surface area (Å²) in [6.07, 6.45) is 2.48. The number of carbonyl (C=O) groups is 3. The summed E-state index contributed by atoms with van der Waals surface area (Å²) in [5, 5.41) is 2.99. The maximum absolute atomic E-state index is 12.5. The Hall–Kier alpha value is -2.00. The van der Waals surface area contributed by atoms with Crippen LogP contribution in [0.2, 0.25) is 0 Å². The van der Waals surface area contributed by atoms with Crippen LogP contribution in [0.4, 0.5) is 5.13 Å². The molecule has 1 unspecified atom stereocenters. The molecule has 1 atom stereocenters. The molecule has 1 aliphatic heterocycles. The molecule has 0 saturated heterocycles. The Bertz CT molecular complexity index is 798. The number of esters is 1. The molecule has 9 heteroatoms. The third kappa shape index (κ3) is 2.93. The summed E-state index contributed by atoms with van der Waals surface area (Å²) in [4.78, 5) is 39.9. The van der Waals surface area contributed by atoms with Gasteiger partial charge in [-0.25, -0.2) is 9.78 Å². The molecule has 0 spiro atoms. The summed E-state index contributed by atoms with van der Waals surface area (Å²) in [5.74, 6) is -0.818. The van der Waals surface area contributed by atoms with Crippen LogP contribution in [0.25, 0.3) is 0 Å². The van der Waals surface area contributed by atoms with Gasteiger partial charge in [-0.15, -0.1) is 0 Å². The van der Waals surface area contributed by atoms with Gasteiger partial charge in [-0.1, -0.05) is 11.3 Å². The molecule has 1 aliphatic rings. The maximum Gasteiger partial charge on any atom is 0.358 e. The van der Waals surface area contributed by atoms with Gasteiger partial charge in [0.05, 0.1) is 12.8 Å². The second kappa shape index (κ2) is 6.25. The highest BCUT2D eigenvalue weighted by atomic mass is 79.9. The van der Waals surface area contributed by atoms with Gasteiger partial charge in [-0.2, -0.15) is 0 Å². The predicted octanol–water partition coefficient (Wildman–Crippen LogP) is 2.65.